The van der Waals surface area contributed by atoms with Crippen molar-refractivity contribution in [1.29, 1.82) is 0 Å². The van der Waals surface area contributed by atoms with Crippen molar-refractivity contribution < 1.29 is 14.6 Å². The van der Waals surface area contributed by atoms with Crippen molar-refractivity contribution in [2.75, 3.05) is 13.7 Å². The van der Waals surface area contributed by atoms with Gasteiger partial charge in [-0.25, -0.2) is 9.78 Å². The van der Waals surface area contributed by atoms with E-state index in [1.54, 1.807) is 25.3 Å². The summed E-state index contributed by atoms with van der Waals surface area (Å²) in [6.07, 6.45) is 0.783. The molecule has 0 aliphatic rings. The van der Waals surface area contributed by atoms with Crippen molar-refractivity contribution in [3.63, 3.8) is 0 Å². The number of aromatic carboxylic acids is 1. The van der Waals surface area contributed by atoms with Crippen molar-refractivity contribution >= 4 is 17.0 Å². The summed E-state index contributed by atoms with van der Waals surface area (Å²) in [6.45, 7) is 2.76. The summed E-state index contributed by atoms with van der Waals surface area (Å²) in [4.78, 5) is 18.4. The van der Waals surface area contributed by atoms with E-state index in [0.29, 0.717) is 12.5 Å². The van der Waals surface area contributed by atoms with Crippen LogP contribution >= 0.6 is 0 Å². The van der Waals surface area contributed by atoms with Crippen LogP contribution in [-0.4, -0.2) is 34.8 Å². The van der Waals surface area contributed by atoms with Crippen LogP contribution in [-0.2, 0) is 11.2 Å². The molecule has 2 rings (SSSR count). The molecule has 1 atom stereocenters. The number of benzene rings is 1. The van der Waals surface area contributed by atoms with Crippen LogP contribution < -0.4 is 0 Å². The van der Waals surface area contributed by atoms with E-state index in [1.807, 2.05) is 0 Å². The average molecular weight is 248 g/mol. The van der Waals surface area contributed by atoms with Gasteiger partial charge in [0, 0.05) is 20.1 Å². The Labute approximate surface area is 105 Å². The quantitative estimate of drug-likeness (QED) is 0.849. The van der Waals surface area contributed by atoms with Crippen LogP contribution in [0.5, 0.6) is 0 Å². The molecule has 1 aromatic carbocycles. The molecule has 2 aromatic rings. The topological polar surface area (TPSA) is 75.2 Å². The van der Waals surface area contributed by atoms with Gasteiger partial charge in [0.15, 0.2) is 0 Å². The van der Waals surface area contributed by atoms with E-state index in [4.69, 9.17) is 9.84 Å². The molecular weight excluding hydrogens is 232 g/mol. The molecule has 0 aliphatic heterocycles. The molecule has 96 valence electrons. The van der Waals surface area contributed by atoms with Crippen molar-refractivity contribution in [2.24, 2.45) is 5.92 Å². The summed E-state index contributed by atoms with van der Waals surface area (Å²) >= 11 is 0. The molecule has 0 bridgehead atoms. The second-order valence-corrected chi connectivity index (χ2v) is 4.49. The van der Waals surface area contributed by atoms with E-state index in [2.05, 4.69) is 16.9 Å². The highest BCUT2D eigenvalue weighted by Gasteiger charge is 2.10. The van der Waals surface area contributed by atoms with Gasteiger partial charge in [-0.05, 0) is 24.1 Å². The molecule has 1 unspecified atom stereocenters. The third-order valence-corrected chi connectivity index (χ3v) is 2.77. The first-order chi connectivity index (χ1) is 8.60. The summed E-state index contributed by atoms with van der Waals surface area (Å²) < 4.78 is 5.08. The molecule has 0 fully saturated rings. The van der Waals surface area contributed by atoms with E-state index in [1.165, 1.54) is 0 Å². The van der Waals surface area contributed by atoms with Gasteiger partial charge in [-0.3, -0.25) is 0 Å². The van der Waals surface area contributed by atoms with E-state index >= 15 is 0 Å². The predicted molar refractivity (Wildman–Crippen MR) is 67.8 cm³/mol. The van der Waals surface area contributed by atoms with Crippen LogP contribution in [0, 0.1) is 5.92 Å². The Kier molecular flexibility index (Phi) is 3.62. The Morgan fingerprint density at radius 2 is 2.33 bits per heavy atom. The number of imidazole rings is 1. The number of carbonyl (C=O) groups is 1. The maximum absolute atomic E-state index is 10.9. The van der Waals surface area contributed by atoms with Gasteiger partial charge in [-0.15, -0.1) is 0 Å². The first kappa shape index (κ1) is 12.6. The minimum atomic E-state index is -0.930. The lowest BCUT2D eigenvalue weighted by atomic mass is 10.1. The van der Waals surface area contributed by atoms with Crippen molar-refractivity contribution in [3.05, 3.63) is 29.6 Å². The molecule has 0 amide bonds. The van der Waals surface area contributed by atoms with Gasteiger partial charge < -0.3 is 14.8 Å². The van der Waals surface area contributed by atoms with Crippen LogP contribution in [0.15, 0.2) is 18.2 Å². The Morgan fingerprint density at radius 3 is 3.00 bits per heavy atom. The minimum absolute atomic E-state index is 0.266. The van der Waals surface area contributed by atoms with E-state index in [0.717, 1.165) is 23.3 Å². The van der Waals surface area contributed by atoms with Gasteiger partial charge >= 0.3 is 5.97 Å². The molecule has 1 heterocycles. The molecule has 18 heavy (non-hydrogen) atoms. The number of aromatic amines is 1. The first-order valence-electron chi connectivity index (χ1n) is 5.81. The van der Waals surface area contributed by atoms with Gasteiger partial charge in [-0.1, -0.05) is 6.92 Å². The minimum Gasteiger partial charge on any atom is -0.478 e. The highest BCUT2D eigenvalue weighted by atomic mass is 16.5. The number of nitrogens with one attached hydrogen (secondary N) is 1. The molecule has 0 radical (unpaired) electrons. The van der Waals surface area contributed by atoms with Crippen LogP contribution in [0.25, 0.3) is 11.0 Å². The van der Waals surface area contributed by atoms with Gasteiger partial charge in [0.25, 0.3) is 0 Å². The maximum Gasteiger partial charge on any atom is 0.335 e. The van der Waals surface area contributed by atoms with Gasteiger partial charge in [0.05, 0.1) is 16.6 Å². The second-order valence-electron chi connectivity index (χ2n) is 4.49. The number of fused-ring (bicyclic) bond motifs is 1. The standard InChI is InChI=1S/C13H16N2O3/c1-8(7-18-2)5-12-14-10-4-3-9(13(16)17)6-11(10)15-12/h3-4,6,8H,5,7H2,1-2H3,(H,14,15)(H,16,17). The molecule has 0 aliphatic carbocycles. The fourth-order valence-electron chi connectivity index (χ4n) is 1.97. The van der Waals surface area contributed by atoms with Gasteiger partial charge in [0.1, 0.15) is 5.82 Å². The molecule has 0 saturated heterocycles. The second kappa shape index (κ2) is 5.18. The summed E-state index contributed by atoms with van der Waals surface area (Å²) in [7, 11) is 1.67. The van der Waals surface area contributed by atoms with E-state index in [-0.39, 0.29) is 5.56 Å². The Morgan fingerprint density at radius 1 is 1.56 bits per heavy atom. The van der Waals surface area contributed by atoms with E-state index < -0.39 is 5.97 Å². The summed E-state index contributed by atoms with van der Waals surface area (Å²) in [5, 5.41) is 8.92. The monoisotopic (exact) mass is 248 g/mol. The van der Waals surface area contributed by atoms with Crippen LogP contribution in [0.1, 0.15) is 23.1 Å². The molecule has 0 saturated carbocycles. The maximum atomic E-state index is 10.9. The fraction of sp³-hybridized carbons (Fsp3) is 0.385. The average Bonchev–Trinajstić information content (AvgIpc) is 2.69. The molecule has 0 spiro atoms. The number of hydrogen-bond acceptors (Lipinski definition) is 3. The third-order valence-electron chi connectivity index (χ3n) is 2.77. The SMILES string of the molecule is COCC(C)Cc1nc2ccc(C(=O)O)cc2[nH]1. The lowest BCUT2D eigenvalue weighted by molar-refractivity contribution is 0.0697. The molecule has 5 nitrogen and oxygen atoms in total. The van der Waals surface area contributed by atoms with Crippen molar-refractivity contribution in [2.45, 2.75) is 13.3 Å². The Balaban J connectivity index is 2.24. The third kappa shape index (κ3) is 2.68. The fourth-order valence-corrected chi connectivity index (χ4v) is 1.97. The van der Waals surface area contributed by atoms with Gasteiger partial charge in [0.2, 0.25) is 0 Å². The van der Waals surface area contributed by atoms with Crippen LogP contribution in [0.4, 0.5) is 0 Å². The van der Waals surface area contributed by atoms with Crippen molar-refractivity contribution in [1.82, 2.24) is 9.97 Å². The summed E-state index contributed by atoms with van der Waals surface area (Å²) in [5.74, 6) is 0.299. The number of carboxylic acid groups (broad SMARTS) is 1. The number of H-pyrrole nitrogens is 1. The number of nitrogens with zero attached hydrogens (tertiary/aromatic N) is 1. The largest absolute Gasteiger partial charge is 0.478 e. The van der Waals surface area contributed by atoms with Crippen LogP contribution in [0.3, 0.4) is 0 Å². The number of aromatic nitrogens is 2. The number of ether oxygens (including phenoxy) is 1. The Hall–Kier alpha value is -1.88. The number of carboxylic acids is 1. The highest BCUT2D eigenvalue weighted by Crippen LogP contribution is 2.16. The summed E-state index contributed by atoms with van der Waals surface area (Å²) in [5.41, 5.74) is 1.82. The van der Waals surface area contributed by atoms with Gasteiger partial charge in [-0.2, -0.15) is 0 Å². The van der Waals surface area contributed by atoms with Crippen molar-refractivity contribution in [3.8, 4) is 0 Å². The molecule has 1 aromatic heterocycles. The first-order valence-corrected chi connectivity index (χ1v) is 5.81. The summed E-state index contributed by atoms with van der Waals surface area (Å²) in [6, 6.07) is 4.89. The highest BCUT2D eigenvalue weighted by molar-refractivity contribution is 5.92. The molecular formula is C13H16N2O3. The zero-order valence-electron chi connectivity index (χ0n) is 10.4. The Bertz CT molecular complexity index is 562. The zero-order valence-corrected chi connectivity index (χ0v) is 10.4. The lowest BCUT2D eigenvalue weighted by Crippen LogP contribution is -2.07. The number of hydrogen-bond donors (Lipinski definition) is 2. The smallest absolute Gasteiger partial charge is 0.335 e. The number of methoxy groups -OCH3 is 1. The molecule has 5 heteroatoms. The zero-order chi connectivity index (χ0) is 13.1. The number of rotatable bonds is 5. The lowest BCUT2D eigenvalue weighted by Gasteiger charge is -2.06. The normalized spacial score (nSPS) is 12.8. The predicted octanol–water partition coefficient (Wildman–Crippen LogP) is 2.09. The molecule has 2 N–H and O–H groups in total. The van der Waals surface area contributed by atoms with Crippen LogP contribution in [0.2, 0.25) is 0 Å². The van der Waals surface area contributed by atoms with E-state index in [9.17, 15) is 4.79 Å².